The van der Waals surface area contributed by atoms with Crippen LogP contribution >= 0.6 is 0 Å². The van der Waals surface area contributed by atoms with Crippen molar-refractivity contribution in [3.63, 3.8) is 0 Å². The van der Waals surface area contributed by atoms with Gasteiger partial charge < -0.3 is 15.6 Å². The highest BCUT2D eigenvalue weighted by Crippen LogP contribution is 2.52. The molecular weight excluding hydrogens is 414 g/mol. The molecule has 32 heavy (non-hydrogen) atoms. The number of nitrogens with two attached hydrogens (primary N) is 2. The maximum absolute atomic E-state index is 13.5. The topological polar surface area (TPSA) is 172 Å². The van der Waals surface area contributed by atoms with Crippen molar-refractivity contribution in [1.29, 1.82) is 0 Å². The first kappa shape index (κ1) is 21.4. The quantitative estimate of drug-likeness (QED) is 0.264. The van der Waals surface area contributed by atoms with Gasteiger partial charge in [-0.05, 0) is 17.9 Å². The molecule has 0 spiro atoms. The van der Waals surface area contributed by atoms with Crippen LogP contribution in [-0.2, 0) is 9.59 Å². The predicted molar refractivity (Wildman–Crippen MR) is 115 cm³/mol. The number of benzene rings is 1. The number of ether oxygens (including phenoxy) is 1. The standard InChI is InChI=1S/C21H25N7O4/c1-21(2)7-11-15(12(29)8-21)14(10-5-4-6-13(32-3)17(10)30)16(19(31)26-23)18(22)28(11)20-24-9-25-27-20/h4-6,9,14,30H,7-8,22-23H2,1-3H3,(H,26,31)(H,24,25,27). The van der Waals surface area contributed by atoms with Gasteiger partial charge in [0.05, 0.1) is 18.6 Å². The van der Waals surface area contributed by atoms with Crippen LogP contribution in [0.2, 0.25) is 0 Å². The fraction of sp³-hybridized carbons (Fsp3) is 0.333. The van der Waals surface area contributed by atoms with Crippen molar-refractivity contribution in [1.82, 2.24) is 20.6 Å². The van der Waals surface area contributed by atoms with E-state index in [9.17, 15) is 14.7 Å². The number of aromatic hydroxyl groups is 1. The molecule has 1 aromatic carbocycles. The van der Waals surface area contributed by atoms with Crippen LogP contribution in [0.1, 0.15) is 38.2 Å². The zero-order valence-corrected chi connectivity index (χ0v) is 18.0. The normalized spacial score (nSPS) is 20.3. The van der Waals surface area contributed by atoms with E-state index < -0.39 is 11.8 Å². The number of ketones is 1. The number of hydrogen-bond acceptors (Lipinski definition) is 9. The number of nitrogens with one attached hydrogen (secondary N) is 2. The van der Waals surface area contributed by atoms with Gasteiger partial charge in [-0.1, -0.05) is 26.0 Å². The number of nitrogens with zero attached hydrogens (tertiary/aromatic N) is 3. The number of methoxy groups -OCH3 is 1. The summed E-state index contributed by atoms with van der Waals surface area (Å²) in [6.07, 6.45) is 2.05. The zero-order valence-electron chi connectivity index (χ0n) is 18.0. The van der Waals surface area contributed by atoms with Crippen LogP contribution in [0, 0.1) is 5.41 Å². The molecule has 1 amide bonds. The number of Topliss-reactive ketones (excluding diaryl/α,β-unsaturated/α-hetero) is 1. The maximum Gasteiger partial charge on any atom is 0.265 e. The van der Waals surface area contributed by atoms with Crippen LogP contribution in [0.3, 0.4) is 0 Å². The fourth-order valence-electron chi connectivity index (χ4n) is 4.51. The molecule has 0 saturated carbocycles. The highest BCUT2D eigenvalue weighted by atomic mass is 16.5. The highest BCUT2D eigenvalue weighted by Gasteiger charge is 2.47. The van der Waals surface area contributed by atoms with Gasteiger partial charge in [-0.15, -0.1) is 0 Å². The van der Waals surface area contributed by atoms with Crippen molar-refractivity contribution < 1.29 is 19.4 Å². The van der Waals surface area contributed by atoms with Crippen molar-refractivity contribution in [2.75, 3.05) is 12.0 Å². The smallest absolute Gasteiger partial charge is 0.265 e. The number of para-hydroxylation sites is 1. The molecule has 2 heterocycles. The van der Waals surface area contributed by atoms with E-state index in [1.165, 1.54) is 18.3 Å². The Labute approximate surface area is 184 Å². The molecule has 0 radical (unpaired) electrons. The number of allylic oxidation sites excluding steroid dienone is 2. The third-order valence-electron chi connectivity index (χ3n) is 5.81. The number of phenolic OH excluding ortho intramolecular Hbond substituents is 1. The number of amides is 1. The molecule has 7 N–H and O–H groups in total. The van der Waals surface area contributed by atoms with Crippen molar-refractivity contribution >= 4 is 17.6 Å². The second-order valence-electron chi connectivity index (χ2n) is 8.55. The van der Waals surface area contributed by atoms with Gasteiger partial charge in [-0.2, -0.15) is 10.1 Å². The third kappa shape index (κ3) is 3.26. The lowest BCUT2D eigenvalue weighted by Gasteiger charge is -2.43. The average Bonchev–Trinajstić information content (AvgIpc) is 3.26. The molecule has 0 fully saturated rings. The van der Waals surface area contributed by atoms with Gasteiger partial charge in [-0.3, -0.25) is 19.9 Å². The van der Waals surface area contributed by atoms with Gasteiger partial charge in [-0.25, -0.2) is 10.9 Å². The minimum atomic E-state index is -0.952. The Balaban J connectivity index is 2.06. The van der Waals surface area contributed by atoms with Gasteiger partial charge in [0.2, 0.25) is 5.95 Å². The first-order chi connectivity index (χ1) is 15.2. The third-order valence-corrected chi connectivity index (χ3v) is 5.81. The summed E-state index contributed by atoms with van der Waals surface area (Å²) in [6, 6.07) is 4.88. The second-order valence-corrected chi connectivity index (χ2v) is 8.55. The summed E-state index contributed by atoms with van der Waals surface area (Å²) in [5.41, 5.74) is 9.53. The van der Waals surface area contributed by atoms with Gasteiger partial charge >= 0.3 is 0 Å². The molecule has 1 aromatic heterocycles. The summed E-state index contributed by atoms with van der Waals surface area (Å²) in [6.45, 7) is 3.96. The molecule has 11 nitrogen and oxygen atoms in total. The van der Waals surface area contributed by atoms with E-state index in [2.05, 4.69) is 20.6 Å². The van der Waals surface area contributed by atoms with E-state index in [0.29, 0.717) is 23.3 Å². The van der Waals surface area contributed by atoms with E-state index >= 15 is 0 Å². The molecule has 1 unspecified atom stereocenters. The molecule has 11 heteroatoms. The van der Waals surface area contributed by atoms with E-state index in [0.717, 1.165) is 0 Å². The molecule has 1 aliphatic heterocycles. The maximum atomic E-state index is 13.5. The van der Waals surface area contributed by atoms with Crippen LogP contribution in [0.25, 0.3) is 0 Å². The van der Waals surface area contributed by atoms with Crippen molar-refractivity contribution in [2.45, 2.75) is 32.6 Å². The number of carbonyl (C=O) groups is 2. The van der Waals surface area contributed by atoms with Crippen LogP contribution in [0.4, 0.5) is 5.95 Å². The van der Waals surface area contributed by atoms with Gasteiger partial charge in [0.1, 0.15) is 12.1 Å². The average molecular weight is 439 g/mol. The molecule has 168 valence electrons. The molecule has 2 aromatic rings. The monoisotopic (exact) mass is 439 g/mol. The highest BCUT2D eigenvalue weighted by molar-refractivity contribution is 6.06. The number of phenols is 1. The van der Waals surface area contributed by atoms with E-state index in [-0.39, 0.29) is 46.5 Å². The Hall–Kier alpha value is -3.86. The largest absolute Gasteiger partial charge is 0.504 e. The zero-order chi connectivity index (χ0) is 23.2. The lowest BCUT2D eigenvalue weighted by atomic mass is 9.68. The molecule has 0 saturated heterocycles. The number of anilines is 1. The molecular formula is C21H25N7O4. The summed E-state index contributed by atoms with van der Waals surface area (Å²) in [7, 11) is 1.42. The van der Waals surface area contributed by atoms with Crippen LogP contribution in [-0.4, -0.2) is 39.1 Å². The Kier molecular flexibility index (Phi) is 5.13. The Morgan fingerprint density at radius 1 is 1.38 bits per heavy atom. The Morgan fingerprint density at radius 3 is 2.75 bits per heavy atom. The Bertz CT molecular complexity index is 1150. The van der Waals surface area contributed by atoms with E-state index in [4.69, 9.17) is 16.3 Å². The molecule has 0 bridgehead atoms. The van der Waals surface area contributed by atoms with Gasteiger partial charge in [0.15, 0.2) is 17.3 Å². The fourth-order valence-corrected chi connectivity index (χ4v) is 4.51. The lowest BCUT2D eigenvalue weighted by Crippen LogP contribution is -2.46. The second kappa shape index (κ2) is 7.68. The number of carbonyl (C=O) groups excluding carboxylic acids is 2. The lowest BCUT2D eigenvalue weighted by molar-refractivity contribution is -0.118. The van der Waals surface area contributed by atoms with Crippen molar-refractivity contribution in [3.8, 4) is 11.5 Å². The molecule has 2 aliphatic rings. The predicted octanol–water partition coefficient (Wildman–Crippen LogP) is 0.926. The summed E-state index contributed by atoms with van der Waals surface area (Å²) in [4.78, 5) is 32.2. The number of hydrogen-bond donors (Lipinski definition) is 5. The first-order valence-corrected chi connectivity index (χ1v) is 9.98. The molecule has 4 rings (SSSR count). The van der Waals surface area contributed by atoms with Crippen molar-refractivity contribution in [2.24, 2.45) is 17.0 Å². The van der Waals surface area contributed by atoms with Crippen LogP contribution in [0.5, 0.6) is 11.5 Å². The number of aromatic nitrogens is 3. The van der Waals surface area contributed by atoms with Crippen LogP contribution < -0.4 is 26.6 Å². The van der Waals surface area contributed by atoms with Gasteiger partial charge in [0.25, 0.3) is 5.91 Å². The minimum Gasteiger partial charge on any atom is -0.504 e. The number of H-pyrrole nitrogens is 1. The van der Waals surface area contributed by atoms with E-state index in [1.54, 1.807) is 18.2 Å². The summed E-state index contributed by atoms with van der Waals surface area (Å²) < 4.78 is 5.24. The first-order valence-electron chi connectivity index (χ1n) is 9.98. The van der Waals surface area contributed by atoms with Crippen LogP contribution in [0.15, 0.2) is 47.2 Å². The van der Waals surface area contributed by atoms with Crippen molar-refractivity contribution in [3.05, 3.63) is 52.8 Å². The van der Waals surface area contributed by atoms with Gasteiger partial charge in [0, 0.05) is 23.3 Å². The summed E-state index contributed by atoms with van der Waals surface area (Å²) in [5.74, 6) is 3.98. The SMILES string of the molecule is COc1cccc(C2C(C(=O)NN)=C(N)N(c3ncn[nH]3)C3=C2C(=O)CC(C)(C)C3)c1O. The number of rotatable bonds is 4. The molecule has 1 aliphatic carbocycles. The number of hydrazine groups is 1. The summed E-state index contributed by atoms with van der Waals surface area (Å²) >= 11 is 0. The molecule has 1 atom stereocenters. The van der Waals surface area contributed by atoms with E-state index in [1.807, 2.05) is 13.8 Å². The minimum absolute atomic E-state index is 0.0132. The Morgan fingerprint density at radius 2 is 2.12 bits per heavy atom. The summed E-state index contributed by atoms with van der Waals surface area (Å²) in [5, 5.41) is 17.5. The number of aromatic amines is 1.